The van der Waals surface area contributed by atoms with Gasteiger partial charge in [-0.1, -0.05) is 32.9 Å². The van der Waals surface area contributed by atoms with E-state index in [2.05, 4.69) is 5.16 Å². The van der Waals surface area contributed by atoms with Gasteiger partial charge in [0.25, 0.3) is 0 Å². The molecule has 0 amide bonds. The molecule has 2 saturated heterocycles. The van der Waals surface area contributed by atoms with Crippen LogP contribution in [0.2, 0.25) is 0 Å². The number of likely N-dealkylation sites (N-methyl/N-ethyl adjacent to an activating group) is 1. The first kappa shape index (κ1) is 41.7. The molecule has 47 heavy (non-hydrogen) atoms. The summed E-state index contributed by atoms with van der Waals surface area (Å²) in [5, 5.41) is 62.4. The van der Waals surface area contributed by atoms with Crippen LogP contribution >= 0.6 is 0 Å². The predicted octanol–water partition coefficient (Wildman–Crippen LogP) is 1.28. The van der Waals surface area contributed by atoms with Gasteiger partial charge in [0.05, 0.1) is 54.9 Å². The second-order valence-corrected chi connectivity index (χ2v) is 14.2. The van der Waals surface area contributed by atoms with Gasteiger partial charge in [-0.15, -0.1) is 0 Å². The Kier molecular flexibility index (Phi) is 16.0. The number of methoxy groups -OCH3 is 1. The van der Waals surface area contributed by atoms with Crippen LogP contribution in [0.1, 0.15) is 74.7 Å². The van der Waals surface area contributed by atoms with E-state index < -0.39 is 77.7 Å². The maximum Gasteiger partial charge on any atom is 0.311 e. The van der Waals surface area contributed by atoms with Crippen molar-refractivity contribution in [1.82, 2.24) is 4.90 Å². The van der Waals surface area contributed by atoms with Crippen LogP contribution in [0.5, 0.6) is 0 Å². The van der Waals surface area contributed by atoms with E-state index in [1.165, 1.54) is 13.8 Å². The number of hydrogen-bond donors (Lipinski definition) is 5. The van der Waals surface area contributed by atoms with E-state index >= 15 is 0 Å². The van der Waals surface area contributed by atoms with E-state index in [-0.39, 0.29) is 38.4 Å². The molecule has 0 radical (unpaired) electrons. The highest BCUT2D eigenvalue weighted by atomic mass is 16.7. The Morgan fingerprint density at radius 1 is 1.00 bits per heavy atom. The SMILES string of the molecule is CC[C@H]1OC(=O)C(C)[C@H](O)C(C)[C@@H](OC2OC(C)CC(N(C)C)[C@H]2O)[C@](C)(O)C[C@@H](C)/C(=N/OCOCCOC)C(C)[C@@H](O)[C@]1(C)O. The van der Waals surface area contributed by atoms with E-state index in [0.717, 1.165) is 0 Å². The smallest absolute Gasteiger partial charge is 0.311 e. The number of ether oxygens (including phenoxy) is 5. The number of esters is 1. The van der Waals surface area contributed by atoms with Crippen molar-refractivity contribution in [1.29, 1.82) is 0 Å². The van der Waals surface area contributed by atoms with Crippen molar-refractivity contribution in [2.45, 2.75) is 135 Å². The second kappa shape index (κ2) is 18.0. The lowest BCUT2D eigenvalue weighted by Crippen LogP contribution is -2.60. The highest BCUT2D eigenvalue weighted by Gasteiger charge is 2.51. The largest absolute Gasteiger partial charge is 0.459 e. The first-order valence-corrected chi connectivity index (χ1v) is 16.7. The maximum absolute atomic E-state index is 13.4. The van der Waals surface area contributed by atoms with Gasteiger partial charge in [0.2, 0.25) is 6.79 Å². The van der Waals surface area contributed by atoms with Gasteiger partial charge in [-0.3, -0.25) is 4.79 Å². The molecule has 0 bridgehead atoms. The molecule has 5 N–H and O–H groups in total. The molecule has 2 fully saturated rings. The van der Waals surface area contributed by atoms with Crippen LogP contribution in [-0.2, 0) is 33.3 Å². The van der Waals surface area contributed by atoms with Gasteiger partial charge >= 0.3 is 5.97 Å². The molecular formula is C33H62N2O12. The van der Waals surface area contributed by atoms with Crippen LogP contribution in [0.3, 0.4) is 0 Å². The third kappa shape index (κ3) is 10.5. The summed E-state index contributed by atoms with van der Waals surface area (Å²) in [6, 6.07) is -0.289. The molecule has 0 spiro atoms. The van der Waals surface area contributed by atoms with Crippen LogP contribution in [0.4, 0.5) is 0 Å². The lowest BCUT2D eigenvalue weighted by Gasteiger charge is -2.47. The Balaban J connectivity index is 2.61. The molecule has 0 aromatic rings. The molecule has 2 rings (SSSR count). The van der Waals surface area contributed by atoms with Gasteiger partial charge in [0, 0.05) is 30.9 Å². The van der Waals surface area contributed by atoms with Crippen molar-refractivity contribution in [3.8, 4) is 0 Å². The molecule has 6 unspecified atom stereocenters. The molecule has 14 nitrogen and oxygen atoms in total. The molecular weight excluding hydrogens is 616 g/mol. The fourth-order valence-corrected chi connectivity index (χ4v) is 6.93. The summed E-state index contributed by atoms with van der Waals surface area (Å²) in [6.45, 7) is 13.5. The Morgan fingerprint density at radius 2 is 1.64 bits per heavy atom. The number of carbonyl (C=O) groups is 1. The zero-order valence-electron chi connectivity index (χ0n) is 30.2. The van der Waals surface area contributed by atoms with E-state index in [1.807, 2.05) is 25.9 Å². The van der Waals surface area contributed by atoms with Crippen molar-refractivity contribution >= 4 is 11.7 Å². The molecule has 276 valence electrons. The summed E-state index contributed by atoms with van der Waals surface area (Å²) in [7, 11) is 5.25. The standard InChI is InChI=1S/C33H62N2O12/c1-12-24-33(8,41)28(38)20(4)25(34-44-17-43-14-13-42-11)18(2)16-32(7,40)29(21(5)26(36)22(6)30(39)46-24)47-31-27(37)23(35(9)10)15-19(3)45-31/h18-24,26-29,31,36-38,40-41H,12-17H2,1-11H3/b34-25-/t18-,19?,20?,21?,22?,23?,24-,26-,27-,28-,29-,31?,32-,33-/m1/s1. The maximum atomic E-state index is 13.4. The highest BCUT2D eigenvalue weighted by molar-refractivity contribution is 5.88. The Bertz CT molecular complexity index is 995. The fraction of sp³-hybridized carbons (Fsp3) is 0.939. The van der Waals surface area contributed by atoms with Crippen LogP contribution < -0.4 is 0 Å². The average molecular weight is 679 g/mol. The number of carbonyl (C=O) groups excluding carboxylic acids is 1. The number of hydrogen-bond acceptors (Lipinski definition) is 14. The molecule has 0 aromatic carbocycles. The summed E-state index contributed by atoms with van der Waals surface area (Å²) >= 11 is 0. The minimum absolute atomic E-state index is 0.00777. The van der Waals surface area contributed by atoms with Gasteiger partial charge in [-0.05, 0) is 61.1 Å². The number of nitrogens with zero attached hydrogens (tertiary/aromatic N) is 2. The lowest BCUT2D eigenvalue weighted by molar-refractivity contribution is -0.298. The quantitative estimate of drug-likeness (QED) is 0.0963. The molecule has 0 aromatic heterocycles. The number of oxime groups is 1. The summed E-state index contributed by atoms with van der Waals surface area (Å²) in [5.41, 5.74) is -3.32. The first-order valence-electron chi connectivity index (χ1n) is 16.7. The number of cyclic esters (lactones) is 1. The van der Waals surface area contributed by atoms with Crippen LogP contribution in [-0.4, -0.2) is 143 Å². The topological polar surface area (TPSA) is 189 Å². The van der Waals surface area contributed by atoms with Crippen molar-refractivity contribution in [3.63, 3.8) is 0 Å². The Morgan fingerprint density at radius 3 is 2.21 bits per heavy atom. The first-order chi connectivity index (χ1) is 21.8. The second-order valence-electron chi connectivity index (χ2n) is 14.2. The van der Waals surface area contributed by atoms with Gasteiger partial charge in [-0.25, -0.2) is 0 Å². The van der Waals surface area contributed by atoms with Crippen molar-refractivity contribution < 1.29 is 58.8 Å². The summed E-state index contributed by atoms with van der Waals surface area (Å²) < 4.78 is 28.5. The van der Waals surface area contributed by atoms with Crippen molar-refractivity contribution in [2.24, 2.45) is 28.8 Å². The zero-order valence-corrected chi connectivity index (χ0v) is 30.2. The van der Waals surface area contributed by atoms with Gasteiger partial charge in [0.1, 0.15) is 17.8 Å². The Hall–Kier alpha value is -1.46. The van der Waals surface area contributed by atoms with Gasteiger partial charge in [0.15, 0.2) is 6.29 Å². The number of rotatable bonds is 10. The third-order valence-corrected chi connectivity index (χ3v) is 9.85. The fourth-order valence-electron chi connectivity index (χ4n) is 6.93. The minimum Gasteiger partial charge on any atom is -0.459 e. The monoisotopic (exact) mass is 678 g/mol. The number of aliphatic hydroxyl groups is 5. The Labute approximate surface area is 280 Å². The van der Waals surface area contributed by atoms with E-state index in [0.29, 0.717) is 18.7 Å². The summed E-state index contributed by atoms with van der Waals surface area (Å²) in [4.78, 5) is 20.8. The van der Waals surface area contributed by atoms with Crippen LogP contribution in [0.25, 0.3) is 0 Å². The molecule has 2 aliphatic rings. The molecule has 0 saturated carbocycles. The van der Waals surface area contributed by atoms with E-state index in [1.54, 1.807) is 41.7 Å². The molecule has 0 aliphatic carbocycles. The van der Waals surface area contributed by atoms with Gasteiger partial charge < -0.3 is 59.0 Å². The molecule has 2 heterocycles. The summed E-state index contributed by atoms with van der Waals surface area (Å²) in [5.74, 6) is -4.17. The molecule has 2 aliphatic heterocycles. The zero-order chi connectivity index (χ0) is 35.9. The lowest BCUT2D eigenvalue weighted by atomic mass is 9.73. The summed E-state index contributed by atoms with van der Waals surface area (Å²) in [6.07, 6.45) is -6.88. The van der Waals surface area contributed by atoms with Crippen molar-refractivity contribution in [2.75, 3.05) is 41.2 Å². The van der Waals surface area contributed by atoms with Gasteiger partial charge in [-0.2, -0.15) is 0 Å². The van der Waals surface area contributed by atoms with Crippen LogP contribution in [0, 0.1) is 23.7 Å². The normalized spacial score (nSPS) is 43.9. The molecule has 14 atom stereocenters. The van der Waals surface area contributed by atoms with E-state index in [9.17, 15) is 30.3 Å². The van der Waals surface area contributed by atoms with Crippen molar-refractivity contribution in [3.05, 3.63) is 0 Å². The minimum atomic E-state index is -1.91. The van der Waals surface area contributed by atoms with Crippen LogP contribution in [0.15, 0.2) is 5.16 Å². The predicted molar refractivity (Wildman–Crippen MR) is 173 cm³/mol. The average Bonchev–Trinajstić information content (AvgIpc) is 3.00. The molecule has 14 heteroatoms. The number of aliphatic hydroxyl groups excluding tert-OH is 3. The highest BCUT2D eigenvalue weighted by Crippen LogP contribution is 2.38. The third-order valence-electron chi connectivity index (χ3n) is 9.85. The van der Waals surface area contributed by atoms with E-state index in [4.69, 9.17) is 28.5 Å².